The van der Waals surface area contributed by atoms with Crippen molar-refractivity contribution in [1.82, 2.24) is 20.2 Å². The third-order valence-electron chi connectivity index (χ3n) is 9.49. The topological polar surface area (TPSA) is 137 Å². The summed E-state index contributed by atoms with van der Waals surface area (Å²) < 4.78 is 40.4. The Balaban J connectivity index is 1.36. The van der Waals surface area contributed by atoms with Crippen LogP contribution in [0.3, 0.4) is 0 Å². The summed E-state index contributed by atoms with van der Waals surface area (Å²) in [5.74, 6) is -3.71. The number of carbonyl (C=O) groups excluding carboxylic acids is 3. The van der Waals surface area contributed by atoms with Gasteiger partial charge in [0.15, 0.2) is 5.82 Å². The molecule has 242 valence electrons. The molecule has 2 saturated carbocycles. The van der Waals surface area contributed by atoms with Crippen LogP contribution >= 0.6 is 0 Å². The Morgan fingerprint density at radius 1 is 1.09 bits per heavy atom. The van der Waals surface area contributed by atoms with Crippen LogP contribution in [-0.4, -0.2) is 64.9 Å². The number of aromatic nitrogens is 2. The van der Waals surface area contributed by atoms with Crippen molar-refractivity contribution in [1.29, 1.82) is 0 Å². The maximum Gasteiger partial charge on any atom is 0.243 e. The van der Waals surface area contributed by atoms with Gasteiger partial charge in [0, 0.05) is 36.7 Å². The molecule has 3 N–H and O–H groups in total. The normalized spacial score (nSPS) is 26.6. The number of benzene rings is 2. The molecule has 3 amide bonds. The number of aryl methyl sites for hydroxylation is 1. The molecule has 2 fully saturated rings. The van der Waals surface area contributed by atoms with Crippen molar-refractivity contribution in [3.8, 4) is 23.0 Å². The molecule has 2 heterocycles. The molecule has 12 heteroatoms. The van der Waals surface area contributed by atoms with E-state index in [0.717, 1.165) is 37.5 Å². The first-order valence-electron chi connectivity index (χ1n) is 15.5. The number of methoxy groups -OCH3 is 1. The molecule has 2 aromatic carbocycles. The monoisotopic (exact) mass is 633 g/mol. The number of rotatable bonds is 5. The average Bonchev–Trinajstić information content (AvgIpc) is 3.55. The maximum atomic E-state index is 14.2. The minimum absolute atomic E-state index is 0.0404. The smallest absolute Gasteiger partial charge is 0.243 e. The molecule has 0 radical (unpaired) electrons. The molecule has 0 spiro atoms. The number of nitrogens with zero attached hydrogens (tertiary/aromatic N) is 3. The lowest BCUT2D eigenvalue weighted by Gasteiger charge is -2.26. The molecular weight excluding hydrogens is 596 g/mol. The molecule has 2 aliphatic carbocycles. The van der Waals surface area contributed by atoms with E-state index in [4.69, 9.17) is 15.2 Å². The first kappa shape index (κ1) is 31.4. The Kier molecular flexibility index (Phi) is 8.39. The fourth-order valence-electron chi connectivity index (χ4n) is 6.80. The summed E-state index contributed by atoms with van der Waals surface area (Å²) in [6, 6.07) is 6.52. The van der Waals surface area contributed by atoms with Gasteiger partial charge < -0.3 is 25.4 Å². The van der Waals surface area contributed by atoms with Crippen molar-refractivity contribution in [2.24, 2.45) is 23.5 Å². The van der Waals surface area contributed by atoms with E-state index in [9.17, 15) is 23.2 Å². The van der Waals surface area contributed by atoms with Gasteiger partial charge in [0.1, 0.15) is 29.0 Å². The molecule has 10 nitrogen and oxygen atoms in total. The maximum absolute atomic E-state index is 14.2. The number of amides is 3. The number of carbonyl (C=O) groups is 3. The molecule has 1 aromatic heterocycles. The van der Waals surface area contributed by atoms with E-state index in [1.165, 1.54) is 7.11 Å². The second-order valence-corrected chi connectivity index (χ2v) is 12.5. The van der Waals surface area contributed by atoms with E-state index in [2.05, 4.69) is 15.3 Å². The Morgan fingerprint density at radius 2 is 1.83 bits per heavy atom. The highest BCUT2D eigenvalue weighted by molar-refractivity contribution is 5.96. The first-order valence-corrected chi connectivity index (χ1v) is 15.5. The van der Waals surface area contributed by atoms with Gasteiger partial charge in [-0.25, -0.2) is 13.8 Å². The fourth-order valence-corrected chi connectivity index (χ4v) is 6.80. The summed E-state index contributed by atoms with van der Waals surface area (Å²) in [6.07, 6.45) is 6.61. The number of nitrogens with one attached hydrogen (secondary N) is 1. The number of ether oxygens (including phenoxy) is 2. The second-order valence-electron chi connectivity index (χ2n) is 12.5. The predicted molar refractivity (Wildman–Crippen MR) is 166 cm³/mol. The van der Waals surface area contributed by atoms with Crippen LogP contribution < -0.4 is 20.5 Å². The summed E-state index contributed by atoms with van der Waals surface area (Å²) in [7, 11) is 3.26. The van der Waals surface area contributed by atoms with Crippen LogP contribution in [0.1, 0.15) is 44.1 Å². The second kappa shape index (κ2) is 12.3. The van der Waals surface area contributed by atoms with E-state index >= 15 is 0 Å². The summed E-state index contributed by atoms with van der Waals surface area (Å²) in [4.78, 5) is 50.9. The molecule has 6 rings (SSSR count). The van der Waals surface area contributed by atoms with Crippen molar-refractivity contribution in [3.63, 3.8) is 0 Å². The van der Waals surface area contributed by atoms with Gasteiger partial charge in [-0.15, -0.1) is 0 Å². The lowest BCUT2D eigenvalue weighted by atomic mass is 9.93. The van der Waals surface area contributed by atoms with Gasteiger partial charge in [-0.05, 0) is 69.7 Å². The van der Waals surface area contributed by atoms with Crippen LogP contribution in [0, 0.1) is 36.3 Å². The van der Waals surface area contributed by atoms with Crippen molar-refractivity contribution in [2.75, 3.05) is 20.7 Å². The van der Waals surface area contributed by atoms with Gasteiger partial charge in [0.05, 0.1) is 29.8 Å². The number of hydrogen-bond acceptors (Lipinski definition) is 7. The minimum Gasteiger partial charge on any atom is -0.496 e. The number of halogens is 2. The summed E-state index contributed by atoms with van der Waals surface area (Å²) in [5.41, 5.74) is 5.84. The number of fused-ring (bicyclic) bond motifs is 3. The largest absolute Gasteiger partial charge is 0.496 e. The van der Waals surface area contributed by atoms with Gasteiger partial charge in [-0.1, -0.05) is 12.2 Å². The molecule has 0 saturated heterocycles. The van der Waals surface area contributed by atoms with Gasteiger partial charge in [0.2, 0.25) is 23.6 Å². The highest BCUT2D eigenvalue weighted by Crippen LogP contribution is 2.46. The summed E-state index contributed by atoms with van der Waals surface area (Å²) in [6.45, 7) is 2.35. The van der Waals surface area contributed by atoms with Crippen LogP contribution in [0.4, 0.5) is 8.78 Å². The molecule has 5 atom stereocenters. The van der Waals surface area contributed by atoms with Gasteiger partial charge >= 0.3 is 0 Å². The Bertz CT molecular complexity index is 1730. The van der Waals surface area contributed by atoms with Crippen LogP contribution in [0.25, 0.3) is 22.3 Å². The molecule has 3 aromatic rings. The van der Waals surface area contributed by atoms with E-state index in [1.54, 1.807) is 31.0 Å². The number of nitrogens with two attached hydrogens (primary N) is 1. The SMILES string of the molecule is COc1ccc2c(OC3CC4C(=O)NC5(C(N)=O)CC5C=CCCCCN(C)C(=O)C4C3)nc(-c3cc(F)cc(F)c3)nc2c1C. The third-order valence-corrected chi connectivity index (χ3v) is 9.49. The minimum atomic E-state index is -1.18. The molecule has 46 heavy (non-hydrogen) atoms. The van der Waals surface area contributed by atoms with Crippen LogP contribution in [-0.2, 0) is 14.4 Å². The van der Waals surface area contributed by atoms with Crippen LogP contribution in [0.5, 0.6) is 11.6 Å². The zero-order valence-electron chi connectivity index (χ0n) is 26.0. The number of allylic oxidation sites excluding steroid dienone is 1. The molecule has 0 bridgehead atoms. The number of primary amides is 1. The average molecular weight is 634 g/mol. The predicted octanol–water partition coefficient (Wildman–Crippen LogP) is 4.22. The molecular formula is C34H37F2N5O5. The van der Waals surface area contributed by atoms with Gasteiger partial charge in [-0.2, -0.15) is 4.98 Å². The van der Waals surface area contributed by atoms with Crippen molar-refractivity contribution < 1.29 is 32.6 Å². The molecule has 3 aliphatic rings. The Hall–Kier alpha value is -4.61. The Labute approximate surface area is 265 Å². The van der Waals surface area contributed by atoms with E-state index < -0.39 is 46.9 Å². The standard InChI is InChI=1S/C34H37F2N5O5/c1-18-27(45-3)10-9-24-28(18)38-29(19-12-21(35)14-22(36)13-19)39-31(24)46-23-15-25-26(16-23)32(43)41(2)11-7-5-4-6-8-20-17-34(20,33(37)44)40-30(25)42/h6,8-10,12-14,20,23,25-26H,4-5,7,11,15-17H2,1-3H3,(H2,37,44)(H,40,42). The zero-order chi connectivity index (χ0) is 32.7. The van der Waals surface area contributed by atoms with Crippen molar-refractivity contribution in [3.05, 3.63) is 59.7 Å². The summed E-state index contributed by atoms with van der Waals surface area (Å²) in [5, 5.41) is 3.43. The highest BCUT2D eigenvalue weighted by Gasteiger charge is 2.60. The van der Waals surface area contributed by atoms with E-state index in [-0.39, 0.29) is 41.9 Å². The third kappa shape index (κ3) is 5.88. The van der Waals surface area contributed by atoms with Crippen molar-refractivity contribution >= 4 is 28.6 Å². The molecule has 1 aliphatic heterocycles. The lowest BCUT2D eigenvalue weighted by molar-refractivity contribution is -0.140. The Morgan fingerprint density at radius 3 is 2.54 bits per heavy atom. The number of hydrogen-bond donors (Lipinski definition) is 2. The van der Waals surface area contributed by atoms with Crippen LogP contribution in [0.15, 0.2) is 42.5 Å². The van der Waals surface area contributed by atoms with Gasteiger partial charge in [-0.3, -0.25) is 14.4 Å². The molecule has 5 unspecified atom stereocenters. The van der Waals surface area contributed by atoms with Crippen molar-refractivity contribution in [2.45, 2.75) is 57.1 Å². The summed E-state index contributed by atoms with van der Waals surface area (Å²) >= 11 is 0. The van der Waals surface area contributed by atoms with E-state index in [1.807, 2.05) is 12.2 Å². The lowest BCUT2D eigenvalue weighted by Crippen LogP contribution is -2.51. The van der Waals surface area contributed by atoms with Gasteiger partial charge in [0.25, 0.3) is 0 Å². The highest BCUT2D eigenvalue weighted by atomic mass is 19.1. The van der Waals surface area contributed by atoms with Crippen LogP contribution in [0.2, 0.25) is 0 Å². The fraction of sp³-hybridized carbons (Fsp3) is 0.441. The first-order chi connectivity index (χ1) is 22.0. The van der Waals surface area contributed by atoms with E-state index in [0.29, 0.717) is 35.2 Å². The quantitative estimate of drug-likeness (QED) is 0.402. The zero-order valence-corrected chi connectivity index (χ0v) is 26.0.